The molecule has 3 nitrogen and oxygen atoms in total. The van der Waals surface area contributed by atoms with Crippen molar-refractivity contribution in [3.8, 4) is 11.1 Å². The van der Waals surface area contributed by atoms with Crippen LogP contribution in [0.15, 0.2) is 78.9 Å². The first-order valence-electron chi connectivity index (χ1n) is 9.62. The molecule has 0 aromatic heterocycles. The highest BCUT2D eigenvalue weighted by molar-refractivity contribution is 6.30. The molecule has 0 amide bonds. The van der Waals surface area contributed by atoms with E-state index in [1.165, 1.54) is 0 Å². The molecular weight excluding hydrogens is 384 g/mol. The van der Waals surface area contributed by atoms with Crippen LogP contribution in [0, 0.1) is 0 Å². The maximum atomic E-state index is 12.3. The zero-order chi connectivity index (χ0) is 20.7. The van der Waals surface area contributed by atoms with Crippen molar-refractivity contribution < 1.29 is 14.7 Å². The summed E-state index contributed by atoms with van der Waals surface area (Å²) in [6.45, 7) is 0. The van der Waals surface area contributed by atoms with Crippen molar-refractivity contribution in [3.05, 3.63) is 95.0 Å². The Morgan fingerprint density at radius 3 is 2.03 bits per heavy atom. The minimum atomic E-state index is -1.21. The van der Waals surface area contributed by atoms with Gasteiger partial charge >= 0.3 is 5.97 Å². The molecule has 0 aliphatic heterocycles. The number of hydrogen-bond acceptors (Lipinski definition) is 2. The highest BCUT2D eigenvalue weighted by atomic mass is 35.5. The third-order valence-electron chi connectivity index (χ3n) is 5.37. The number of benzene rings is 3. The summed E-state index contributed by atoms with van der Waals surface area (Å²) in [6, 6.07) is 24.9. The largest absolute Gasteiger partial charge is 0.481 e. The molecule has 148 valence electrons. The van der Waals surface area contributed by atoms with Crippen LogP contribution in [0.2, 0.25) is 5.02 Å². The molecular formula is C25H23ClO3. The van der Waals surface area contributed by atoms with Gasteiger partial charge in [0.25, 0.3) is 0 Å². The highest BCUT2D eigenvalue weighted by Crippen LogP contribution is 2.35. The second-order valence-electron chi connectivity index (χ2n) is 7.18. The fourth-order valence-electron chi connectivity index (χ4n) is 3.69. The Bertz CT molecular complexity index is 950. The SMILES string of the molecule is O=CCC(CCCc1ccccc1)(C(=O)O)c1ccc(-c2ccc(Cl)cc2)cc1. The van der Waals surface area contributed by atoms with Gasteiger partial charge in [0.1, 0.15) is 6.29 Å². The number of hydrogen-bond donors (Lipinski definition) is 1. The predicted octanol–water partition coefficient (Wildman–Crippen LogP) is 5.94. The van der Waals surface area contributed by atoms with Crippen LogP contribution < -0.4 is 0 Å². The summed E-state index contributed by atoms with van der Waals surface area (Å²) in [7, 11) is 0. The van der Waals surface area contributed by atoms with Crippen molar-refractivity contribution >= 4 is 23.9 Å². The van der Waals surface area contributed by atoms with E-state index in [0.717, 1.165) is 23.1 Å². The number of aliphatic carboxylic acids is 1. The summed E-state index contributed by atoms with van der Waals surface area (Å²) in [5.74, 6) is -0.961. The number of aldehydes is 1. The van der Waals surface area contributed by atoms with Gasteiger partial charge in [0.2, 0.25) is 0 Å². The van der Waals surface area contributed by atoms with Crippen LogP contribution in [0.5, 0.6) is 0 Å². The molecule has 0 aliphatic carbocycles. The van der Waals surface area contributed by atoms with Crippen molar-refractivity contribution in [2.24, 2.45) is 0 Å². The van der Waals surface area contributed by atoms with Gasteiger partial charge in [-0.25, -0.2) is 0 Å². The molecule has 3 rings (SSSR count). The zero-order valence-corrected chi connectivity index (χ0v) is 16.8. The van der Waals surface area contributed by atoms with Gasteiger partial charge in [-0.05, 0) is 53.6 Å². The molecule has 3 aromatic carbocycles. The number of carboxylic acid groups (broad SMARTS) is 1. The number of carboxylic acids is 1. The van der Waals surface area contributed by atoms with Gasteiger partial charge in [0.05, 0.1) is 5.41 Å². The quantitative estimate of drug-likeness (QED) is 0.447. The molecule has 0 fully saturated rings. The molecule has 1 atom stereocenters. The minimum absolute atomic E-state index is 0.0442. The Morgan fingerprint density at radius 2 is 1.48 bits per heavy atom. The molecule has 0 aliphatic rings. The van der Waals surface area contributed by atoms with E-state index in [2.05, 4.69) is 0 Å². The summed E-state index contributed by atoms with van der Waals surface area (Å²) >= 11 is 5.95. The van der Waals surface area contributed by atoms with Gasteiger partial charge in [-0.2, -0.15) is 0 Å². The predicted molar refractivity (Wildman–Crippen MR) is 116 cm³/mol. The first-order chi connectivity index (χ1) is 14.0. The molecule has 29 heavy (non-hydrogen) atoms. The summed E-state index contributed by atoms with van der Waals surface area (Å²) in [6.07, 6.45) is 2.53. The Hall–Kier alpha value is -2.91. The average Bonchev–Trinajstić information content (AvgIpc) is 2.74. The Balaban J connectivity index is 1.84. The Morgan fingerprint density at radius 1 is 0.897 bits per heavy atom. The van der Waals surface area contributed by atoms with E-state index in [1.807, 2.05) is 78.9 Å². The normalized spacial score (nSPS) is 12.9. The number of rotatable bonds is 9. The number of carbonyl (C=O) groups excluding carboxylic acids is 1. The van der Waals surface area contributed by atoms with E-state index in [4.69, 9.17) is 11.6 Å². The van der Waals surface area contributed by atoms with Crippen LogP contribution in [0.1, 0.15) is 30.4 Å². The Kier molecular flexibility index (Phi) is 6.84. The summed E-state index contributed by atoms with van der Waals surface area (Å²) < 4.78 is 0. The molecule has 4 heteroatoms. The van der Waals surface area contributed by atoms with Gasteiger partial charge in [-0.3, -0.25) is 4.79 Å². The van der Waals surface area contributed by atoms with E-state index in [0.29, 0.717) is 29.7 Å². The number of aryl methyl sites for hydroxylation is 1. The molecule has 0 radical (unpaired) electrons. The Labute approximate surface area is 176 Å². The minimum Gasteiger partial charge on any atom is -0.481 e. The average molecular weight is 407 g/mol. The third kappa shape index (κ3) is 4.93. The van der Waals surface area contributed by atoms with E-state index in [1.54, 1.807) is 0 Å². The maximum absolute atomic E-state index is 12.3. The lowest BCUT2D eigenvalue weighted by Gasteiger charge is -2.28. The first kappa shape index (κ1) is 20.8. The molecule has 0 bridgehead atoms. The lowest BCUT2D eigenvalue weighted by molar-refractivity contribution is -0.145. The van der Waals surface area contributed by atoms with Crippen molar-refractivity contribution in [1.29, 1.82) is 0 Å². The van der Waals surface area contributed by atoms with Crippen LogP contribution in [-0.2, 0) is 21.4 Å². The zero-order valence-electron chi connectivity index (χ0n) is 16.1. The number of carbonyl (C=O) groups is 2. The van der Waals surface area contributed by atoms with Crippen LogP contribution in [-0.4, -0.2) is 17.4 Å². The monoisotopic (exact) mass is 406 g/mol. The fraction of sp³-hybridized carbons (Fsp3) is 0.200. The van der Waals surface area contributed by atoms with Gasteiger partial charge in [-0.1, -0.05) is 78.3 Å². The lowest BCUT2D eigenvalue weighted by Crippen LogP contribution is -2.36. The molecule has 0 saturated carbocycles. The van der Waals surface area contributed by atoms with Gasteiger partial charge < -0.3 is 9.90 Å². The topological polar surface area (TPSA) is 54.4 Å². The molecule has 3 aromatic rings. The van der Waals surface area contributed by atoms with Crippen LogP contribution in [0.25, 0.3) is 11.1 Å². The van der Waals surface area contributed by atoms with E-state index in [-0.39, 0.29) is 6.42 Å². The standard InChI is InChI=1S/C25H23ClO3/c26-23-14-10-21(11-15-23)20-8-12-22(13-9-20)25(17-18-27,24(28)29)16-4-7-19-5-2-1-3-6-19/h1-3,5-6,8-15,18H,4,7,16-17H2,(H,28,29). The van der Waals surface area contributed by atoms with E-state index in [9.17, 15) is 14.7 Å². The smallest absolute Gasteiger partial charge is 0.314 e. The summed E-state index contributed by atoms with van der Waals surface area (Å²) in [4.78, 5) is 23.6. The highest BCUT2D eigenvalue weighted by Gasteiger charge is 2.39. The van der Waals surface area contributed by atoms with Gasteiger partial charge in [0.15, 0.2) is 0 Å². The summed E-state index contributed by atoms with van der Waals surface area (Å²) in [5, 5.41) is 10.7. The molecule has 0 saturated heterocycles. The first-order valence-corrected chi connectivity index (χ1v) is 10.0. The summed E-state index contributed by atoms with van der Waals surface area (Å²) in [5.41, 5.74) is 2.58. The third-order valence-corrected chi connectivity index (χ3v) is 5.62. The number of halogens is 1. The lowest BCUT2D eigenvalue weighted by atomic mass is 9.73. The van der Waals surface area contributed by atoms with Crippen LogP contribution in [0.4, 0.5) is 0 Å². The van der Waals surface area contributed by atoms with Crippen LogP contribution in [0.3, 0.4) is 0 Å². The second-order valence-corrected chi connectivity index (χ2v) is 7.62. The van der Waals surface area contributed by atoms with Crippen molar-refractivity contribution in [3.63, 3.8) is 0 Å². The van der Waals surface area contributed by atoms with Crippen molar-refractivity contribution in [2.45, 2.75) is 31.1 Å². The maximum Gasteiger partial charge on any atom is 0.314 e. The molecule has 1 N–H and O–H groups in total. The molecule has 1 unspecified atom stereocenters. The van der Waals surface area contributed by atoms with Crippen molar-refractivity contribution in [2.75, 3.05) is 0 Å². The van der Waals surface area contributed by atoms with Crippen LogP contribution >= 0.6 is 11.6 Å². The second kappa shape index (κ2) is 9.53. The molecule has 0 heterocycles. The van der Waals surface area contributed by atoms with Crippen molar-refractivity contribution in [1.82, 2.24) is 0 Å². The van der Waals surface area contributed by atoms with E-state index < -0.39 is 11.4 Å². The van der Waals surface area contributed by atoms with E-state index >= 15 is 0 Å². The van der Waals surface area contributed by atoms with Gasteiger partial charge in [-0.15, -0.1) is 0 Å². The molecule has 0 spiro atoms. The van der Waals surface area contributed by atoms with Gasteiger partial charge in [0, 0.05) is 11.4 Å². The fourth-order valence-corrected chi connectivity index (χ4v) is 3.81.